The Hall–Kier alpha value is -2.95. The first-order valence-electron chi connectivity index (χ1n) is 8.21. The van der Waals surface area contributed by atoms with Gasteiger partial charge in [-0.2, -0.15) is 0 Å². The van der Waals surface area contributed by atoms with Crippen LogP contribution in [0.15, 0.2) is 54.6 Å². The lowest BCUT2D eigenvalue weighted by molar-refractivity contribution is -0.116. The Morgan fingerprint density at radius 2 is 1.88 bits per heavy atom. The summed E-state index contributed by atoms with van der Waals surface area (Å²) in [5, 5.41) is 5.63. The first-order valence-corrected chi connectivity index (χ1v) is 8.21. The molecule has 128 valence electrons. The van der Waals surface area contributed by atoms with Crippen molar-refractivity contribution in [2.75, 3.05) is 0 Å². The molecular formula is C20H19FN2O2. The van der Waals surface area contributed by atoms with E-state index in [0.717, 1.165) is 18.4 Å². The minimum atomic E-state index is -0.326. The highest BCUT2D eigenvalue weighted by molar-refractivity contribution is 5.95. The van der Waals surface area contributed by atoms with Crippen LogP contribution in [-0.2, 0) is 11.3 Å². The zero-order chi connectivity index (χ0) is 17.6. The van der Waals surface area contributed by atoms with E-state index in [-0.39, 0.29) is 24.2 Å². The number of hydrogen-bond donors (Lipinski definition) is 2. The number of carbonyl (C=O) groups excluding carboxylic acids is 2. The molecule has 3 rings (SSSR count). The SMILES string of the molecule is O=C(/C=C/c1ccc(C(=O)NC2CC2)cc1)NCc1cccc(F)c1. The number of halogens is 1. The van der Waals surface area contributed by atoms with Gasteiger partial charge in [0.25, 0.3) is 5.91 Å². The average molecular weight is 338 g/mol. The minimum Gasteiger partial charge on any atom is -0.349 e. The van der Waals surface area contributed by atoms with Crippen LogP contribution in [-0.4, -0.2) is 17.9 Å². The number of benzene rings is 2. The molecule has 1 saturated carbocycles. The quantitative estimate of drug-likeness (QED) is 0.796. The summed E-state index contributed by atoms with van der Waals surface area (Å²) in [6, 6.07) is 13.5. The van der Waals surface area contributed by atoms with Gasteiger partial charge in [0.1, 0.15) is 5.82 Å². The van der Waals surface area contributed by atoms with Crippen molar-refractivity contribution in [2.45, 2.75) is 25.4 Å². The number of rotatable bonds is 6. The molecule has 1 fully saturated rings. The van der Waals surface area contributed by atoms with Crippen LogP contribution >= 0.6 is 0 Å². The van der Waals surface area contributed by atoms with E-state index in [4.69, 9.17) is 0 Å². The average Bonchev–Trinajstić information content (AvgIpc) is 3.42. The number of amides is 2. The first kappa shape index (κ1) is 16.9. The maximum atomic E-state index is 13.1. The van der Waals surface area contributed by atoms with Crippen LogP contribution in [0.1, 0.15) is 34.3 Å². The van der Waals surface area contributed by atoms with E-state index in [2.05, 4.69) is 10.6 Å². The molecule has 2 amide bonds. The van der Waals surface area contributed by atoms with Crippen molar-refractivity contribution in [1.29, 1.82) is 0 Å². The van der Waals surface area contributed by atoms with Gasteiger partial charge in [-0.05, 0) is 54.3 Å². The lowest BCUT2D eigenvalue weighted by Crippen LogP contribution is -2.25. The van der Waals surface area contributed by atoms with Gasteiger partial charge in [-0.1, -0.05) is 24.3 Å². The Morgan fingerprint density at radius 1 is 1.12 bits per heavy atom. The lowest BCUT2D eigenvalue weighted by Gasteiger charge is -2.04. The van der Waals surface area contributed by atoms with Gasteiger partial charge in [0, 0.05) is 24.2 Å². The summed E-state index contributed by atoms with van der Waals surface area (Å²) in [5.74, 6) is -0.654. The molecule has 2 N–H and O–H groups in total. The normalized spacial score (nSPS) is 13.6. The predicted octanol–water partition coefficient (Wildman–Crippen LogP) is 3.05. The molecule has 0 atom stereocenters. The zero-order valence-corrected chi connectivity index (χ0v) is 13.7. The fourth-order valence-electron chi connectivity index (χ4n) is 2.31. The highest BCUT2D eigenvalue weighted by Crippen LogP contribution is 2.19. The van der Waals surface area contributed by atoms with Crippen molar-refractivity contribution in [3.63, 3.8) is 0 Å². The van der Waals surface area contributed by atoms with Crippen molar-refractivity contribution in [2.24, 2.45) is 0 Å². The molecule has 0 saturated heterocycles. The van der Waals surface area contributed by atoms with Gasteiger partial charge in [0.05, 0.1) is 0 Å². The molecule has 2 aromatic rings. The molecule has 0 unspecified atom stereocenters. The van der Waals surface area contributed by atoms with E-state index >= 15 is 0 Å². The molecule has 0 spiro atoms. The van der Waals surface area contributed by atoms with Gasteiger partial charge < -0.3 is 10.6 Å². The highest BCUT2D eigenvalue weighted by Gasteiger charge is 2.23. The van der Waals surface area contributed by atoms with E-state index in [9.17, 15) is 14.0 Å². The predicted molar refractivity (Wildman–Crippen MR) is 94.2 cm³/mol. The third-order valence-electron chi connectivity index (χ3n) is 3.87. The molecule has 0 aromatic heterocycles. The fraction of sp³-hybridized carbons (Fsp3) is 0.200. The molecule has 2 aromatic carbocycles. The summed E-state index contributed by atoms with van der Waals surface area (Å²) in [6.07, 6.45) is 5.19. The molecule has 0 heterocycles. The number of nitrogens with one attached hydrogen (secondary N) is 2. The highest BCUT2D eigenvalue weighted by atomic mass is 19.1. The Kier molecular flexibility index (Phi) is 5.23. The maximum Gasteiger partial charge on any atom is 0.251 e. The maximum absolute atomic E-state index is 13.1. The third-order valence-corrected chi connectivity index (χ3v) is 3.87. The van der Waals surface area contributed by atoms with Crippen molar-refractivity contribution in [3.05, 3.63) is 77.1 Å². The van der Waals surface area contributed by atoms with E-state index in [0.29, 0.717) is 17.2 Å². The van der Waals surface area contributed by atoms with Gasteiger partial charge in [0.2, 0.25) is 5.91 Å². The van der Waals surface area contributed by atoms with Crippen LogP contribution in [0.4, 0.5) is 4.39 Å². The Bertz CT molecular complexity index is 796. The summed E-state index contributed by atoms with van der Waals surface area (Å²) in [4.78, 5) is 23.7. The Labute approximate surface area is 145 Å². The molecule has 1 aliphatic rings. The van der Waals surface area contributed by atoms with Crippen LogP contribution in [0.5, 0.6) is 0 Å². The standard InChI is InChI=1S/C20H19FN2O2/c21-17-3-1-2-15(12-17)13-22-19(24)11-6-14-4-7-16(8-5-14)20(25)23-18-9-10-18/h1-8,11-12,18H,9-10,13H2,(H,22,24)(H,23,25)/b11-6+. The van der Waals surface area contributed by atoms with Gasteiger partial charge in [-0.15, -0.1) is 0 Å². The van der Waals surface area contributed by atoms with Crippen molar-refractivity contribution in [1.82, 2.24) is 10.6 Å². The van der Waals surface area contributed by atoms with Gasteiger partial charge in [-0.25, -0.2) is 4.39 Å². The van der Waals surface area contributed by atoms with Crippen LogP contribution in [0.2, 0.25) is 0 Å². The third kappa shape index (κ3) is 5.28. The second kappa shape index (κ2) is 7.75. The molecule has 4 nitrogen and oxygen atoms in total. The van der Waals surface area contributed by atoms with Gasteiger partial charge in [-0.3, -0.25) is 9.59 Å². The van der Waals surface area contributed by atoms with Crippen LogP contribution in [0.3, 0.4) is 0 Å². The van der Waals surface area contributed by atoms with E-state index in [1.807, 2.05) is 0 Å². The molecule has 5 heteroatoms. The molecular weight excluding hydrogens is 319 g/mol. The number of carbonyl (C=O) groups is 2. The monoisotopic (exact) mass is 338 g/mol. The smallest absolute Gasteiger partial charge is 0.251 e. The van der Waals surface area contributed by atoms with E-state index in [1.54, 1.807) is 42.5 Å². The summed E-state index contributed by atoms with van der Waals surface area (Å²) >= 11 is 0. The van der Waals surface area contributed by atoms with Gasteiger partial charge >= 0.3 is 0 Å². The van der Waals surface area contributed by atoms with Crippen LogP contribution < -0.4 is 10.6 Å². The zero-order valence-electron chi connectivity index (χ0n) is 13.7. The van der Waals surface area contributed by atoms with Crippen molar-refractivity contribution in [3.8, 4) is 0 Å². The van der Waals surface area contributed by atoms with Gasteiger partial charge in [0.15, 0.2) is 0 Å². The summed E-state index contributed by atoms with van der Waals surface area (Å²) in [5.41, 5.74) is 2.14. The van der Waals surface area contributed by atoms with Crippen LogP contribution in [0, 0.1) is 5.82 Å². The Morgan fingerprint density at radius 3 is 2.56 bits per heavy atom. The number of hydrogen-bond acceptors (Lipinski definition) is 2. The summed E-state index contributed by atoms with van der Waals surface area (Å²) in [7, 11) is 0. The second-order valence-electron chi connectivity index (χ2n) is 6.05. The summed E-state index contributed by atoms with van der Waals surface area (Å²) < 4.78 is 13.1. The van der Waals surface area contributed by atoms with E-state index < -0.39 is 0 Å². The van der Waals surface area contributed by atoms with Crippen molar-refractivity contribution >= 4 is 17.9 Å². The topological polar surface area (TPSA) is 58.2 Å². The fourth-order valence-corrected chi connectivity index (χ4v) is 2.31. The second-order valence-corrected chi connectivity index (χ2v) is 6.05. The largest absolute Gasteiger partial charge is 0.349 e. The lowest BCUT2D eigenvalue weighted by atomic mass is 10.1. The molecule has 1 aliphatic carbocycles. The minimum absolute atomic E-state index is 0.0640. The molecule has 25 heavy (non-hydrogen) atoms. The van der Waals surface area contributed by atoms with Crippen molar-refractivity contribution < 1.29 is 14.0 Å². The first-order chi connectivity index (χ1) is 12.1. The summed E-state index contributed by atoms with van der Waals surface area (Å²) in [6.45, 7) is 0.265. The molecule has 0 bridgehead atoms. The Balaban J connectivity index is 1.50. The van der Waals surface area contributed by atoms with Crippen LogP contribution in [0.25, 0.3) is 6.08 Å². The van der Waals surface area contributed by atoms with E-state index in [1.165, 1.54) is 18.2 Å². The molecule has 0 aliphatic heterocycles. The molecule has 0 radical (unpaired) electrons.